The van der Waals surface area contributed by atoms with Crippen LogP contribution in [0.15, 0.2) is 31.1 Å². The van der Waals surface area contributed by atoms with Gasteiger partial charge in [-0.15, -0.1) is 0 Å². The summed E-state index contributed by atoms with van der Waals surface area (Å²) < 4.78 is 10.2. The molecule has 2 fully saturated rings. The molecule has 2 aromatic rings. The van der Waals surface area contributed by atoms with E-state index in [0.717, 1.165) is 39.0 Å². The maximum Gasteiger partial charge on any atom is 0.257 e. The van der Waals surface area contributed by atoms with Crippen molar-refractivity contribution in [2.75, 3.05) is 39.3 Å². The van der Waals surface area contributed by atoms with Crippen LogP contribution in [0.3, 0.4) is 0 Å². The third-order valence-electron chi connectivity index (χ3n) is 5.91. The molecule has 2 aliphatic rings. The van der Waals surface area contributed by atoms with E-state index in [1.54, 1.807) is 6.20 Å². The van der Waals surface area contributed by atoms with Crippen molar-refractivity contribution in [2.24, 2.45) is 0 Å². The number of carbonyl (C=O) groups is 1. The van der Waals surface area contributed by atoms with E-state index in [1.165, 1.54) is 0 Å². The van der Waals surface area contributed by atoms with Gasteiger partial charge in [0.05, 0.1) is 36.8 Å². The molecule has 152 valence electrons. The van der Waals surface area contributed by atoms with Crippen LogP contribution in [0.5, 0.6) is 0 Å². The Morgan fingerprint density at radius 3 is 2.75 bits per heavy atom. The monoisotopic (exact) mass is 386 g/mol. The highest BCUT2D eigenvalue weighted by Gasteiger charge is 2.41. The molecule has 1 spiro atoms. The van der Waals surface area contributed by atoms with Crippen molar-refractivity contribution in [1.29, 1.82) is 0 Å². The summed E-state index contributed by atoms with van der Waals surface area (Å²) in [5, 5.41) is 4.31. The molecule has 0 bridgehead atoms. The van der Waals surface area contributed by atoms with Crippen molar-refractivity contribution in [1.82, 2.24) is 29.1 Å². The number of likely N-dealkylation sites (tertiary alicyclic amines) is 1. The highest BCUT2D eigenvalue weighted by Crippen LogP contribution is 2.30. The zero-order valence-corrected chi connectivity index (χ0v) is 16.8. The van der Waals surface area contributed by atoms with Gasteiger partial charge in [0, 0.05) is 57.4 Å². The van der Waals surface area contributed by atoms with Crippen LogP contribution in [0.4, 0.5) is 0 Å². The molecule has 0 aliphatic carbocycles. The Kier molecular flexibility index (Phi) is 5.50. The molecule has 1 amide bonds. The van der Waals surface area contributed by atoms with Crippen molar-refractivity contribution in [3.63, 3.8) is 0 Å². The van der Waals surface area contributed by atoms with E-state index in [9.17, 15) is 4.79 Å². The number of morpholine rings is 1. The van der Waals surface area contributed by atoms with Gasteiger partial charge in [0.1, 0.15) is 0 Å². The fourth-order valence-corrected chi connectivity index (χ4v) is 4.09. The minimum atomic E-state index is -0.201. The summed E-state index contributed by atoms with van der Waals surface area (Å²) in [5.41, 5.74) is 0.469. The predicted octanol–water partition coefficient (Wildman–Crippen LogP) is 1.67. The Labute approximate surface area is 166 Å². The molecule has 0 saturated carbocycles. The minimum Gasteiger partial charge on any atom is -0.371 e. The maximum atomic E-state index is 13.0. The summed E-state index contributed by atoms with van der Waals surface area (Å²) in [4.78, 5) is 21.5. The number of aromatic nitrogens is 4. The quantitative estimate of drug-likeness (QED) is 0.782. The largest absolute Gasteiger partial charge is 0.371 e. The summed E-state index contributed by atoms with van der Waals surface area (Å²) >= 11 is 0. The van der Waals surface area contributed by atoms with Crippen LogP contribution in [-0.4, -0.2) is 80.0 Å². The lowest BCUT2D eigenvalue weighted by atomic mass is 9.89. The molecule has 2 aromatic heterocycles. The number of hydrogen-bond acceptors (Lipinski definition) is 5. The van der Waals surface area contributed by atoms with Crippen molar-refractivity contribution < 1.29 is 9.53 Å². The highest BCUT2D eigenvalue weighted by molar-refractivity contribution is 5.93. The van der Waals surface area contributed by atoms with E-state index in [0.29, 0.717) is 25.3 Å². The van der Waals surface area contributed by atoms with E-state index in [4.69, 9.17) is 4.74 Å². The summed E-state index contributed by atoms with van der Waals surface area (Å²) in [6, 6.07) is 0.254. The number of carbonyl (C=O) groups excluding carboxylic acids is 1. The van der Waals surface area contributed by atoms with Gasteiger partial charge in [0.15, 0.2) is 0 Å². The van der Waals surface area contributed by atoms with Gasteiger partial charge in [-0.1, -0.05) is 0 Å². The average Bonchev–Trinajstić information content (AvgIpc) is 3.39. The first-order valence-electron chi connectivity index (χ1n) is 10.2. The molecule has 0 radical (unpaired) electrons. The van der Waals surface area contributed by atoms with Gasteiger partial charge in [0.25, 0.3) is 5.91 Å². The van der Waals surface area contributed by atoms with Crippen molar-refractivity contribution in [2.45, 2.75) is 44.9 Å². The van der Waals surface area contributed by atoms with Crippen molar-refractivity contribution in [3.8, 4) is 0 Å². The first kappa shape index (κ1) is 19.1. The lowest BCUT2D eigenvalue weighted by Gasteiger charge is -2.47. The van der Waals surface area contributed by atoms with Gasteiger partial charge in [-0.25, -0.2) is 4.98 Å². The molecule has 8 heteroatoms. The first-order chi connectivity index (χ1) is 13.5. The molecule has 2 aliphatic heterocycles. The molecule has 0 N–H and O–H groups in total. The van der Waals surface area contributed by atoms with Gasteiger partial charge in [0.2, 0.25) is 0 Å². The number of amides is 1. The second kappa shape index (κ2) is 8.05. The SMILES string of the molecule is CC(C)n1cc(C(=O)N2CCOC3(CCN(CCn4ccnc4)CC3)C2)cn1. The standard InChI is InChI=1S/C20H30N6O2/c1-17(2)26-14-18(13-22-26)19(27)25-11-12-28-20(15-25)3-6-23(7-4-20)9-10-24-8-5-21-16-24/h5,8,13-14,16-17H,3-4,6-7,9-12,15H2,1-2H3. The van der Waals surface area contributed by atoms with Crippen LogP contribution in [0.1, 0.15) is 43.1 Å². The molecule has 0 unspecified atom stereocenters. The van der Waals surface area contributed by atoms with Gasteiger partial charge in [-0.05, 0) is 26.7 Å². The third-order valence-corrected chi connectivity index (χ3v) is 5.91. The van der Waals surface area contributed by atoms with Crippen molar-refractivity contribution >= 4 is 5.91 Å². The van der Waals surface area contributed by atoms with Crippen LogP contribution < -0.4 is 0 Å². The van der Waals surface area contributed by atoms with Gasteiger partial charge < -0.3 is 19.1 Å². The smallest absolute Gasteiger partial charge is 0.257 e. The zero-order chi connectivity index (χ0) is 19.6. The third kappa shape index (κ3) is 4.12. The van der Waals surface area contributed by atoms with Gasteiger partial charge >= 0.3 is 0 Å². The zero-order valence-electron chi connectivity index (χ0n) is 16.8. The number of piperidine rings is 1. The average molecular weight is 387 g/mol. The number of nitrogens with zero attached hydrogens (tertiary/aromatic N) is 6. The lowest BCUT2D eigenvalue weighted by Crippen LogP contribution is -2.58. The Bertz CT molecular complexity index is 776. The highest BCUT2D eigenvalue weighted by atomic mass is 16.5. The number of rotatable bonds is 5. The van der Waals surface area contributed by atoms with Crippen LogP contribution in [-0.2, 0) is 11.3 Å². The van der Waals surface area contributed by atoms with Crippen LogP contribution in [0.2, 0.25) is 0 Å². The second-order valence-corrected chi connectivity index (χ2v) is 8.20. The van der Waals surface area contributed by atoms with E-state index in [2.05, 4.69) is 33.4 Å². The second-order valence-electron chi connectivity index (χ2n) is 8.20. The van der Waals surface area contributed by atoms with E-state index in [1.807, 2.05) is 34.5 Å². The Hall–Kier alpha value is -2.19. The fraction of sp³-hybridized carbons (Fsp3) is 0.650. The van der Waals surface area contributed by atoms with Gasteiger partial charge in [-0.3, -0.25) is 9.48 Å². The lowest BCUT2D eigenvalue weighted by molar-refractivity contribution is -0.127. The molecule has 0 aromatic carbocycles. The Morgan fingerprint density at radius 2 is 2.07 bits per heavy atom. The van der Waals surface area contributed by atoms with Crippen LogP contribution >= 0.6 is 0 Å². The number of hydrogen-bond donors (Lipinski definition) is 0. The van der Waals surface area contributed by atoms with Crippen molar-refractivity contribution in [3.05, 3.63) is 36.7 Å². The van der Waals surface area contributed by atoms with Crippen LogP contribution in [0, 0.1) is 0 Å². The summed E-state index contributed by atoms with van der Waals surface area (Å²) in [5.74, 6) is 0.0668. The summed E-state index contributed by atoms with van der Waals surface area (Å²) in [7, 11) is 0. The van der Waals surface area contributed by atoms with E-state index >= 15 is 0 Å². The summed E-state index contributed by atoms with van der Waals surface area (Å²) in [6.45, 7) is 10.0. The topological polar surface area (TPSA) is 68.4 Å². The molecule has 4 rings (SSSR count). The number of imidazole rings is 1. The minimum absolute atomic E-state index is 0.0668. The predicted molar refractivity (Wildman–Crippen MR) is 105 cm³/mol. The maximum absolute atomic E-state index is 13.0. The number of ether oxygens (including phenoxy) is 1. The molecular weight excluding hydrogens is 356 g/mol. The molecule has 4 heterocycles. The molecular formula is C20H30N6O2. The Balaban J connectivity index is 1.32. The summed E-state index contributed by atoms with van der Waals surface area (Å²) in [6.07, 6.45) is 11.1. The Morgan fingerprint density at radius 1 is 1.25 bits per heavy atom. The van der Waals surface area contributed by atoms with Gasteiger partial charge in [-0.2, -0.15) is 5.10 Å². The van der Waals surface area contributed by atoms with E-state index in [-0.39, 0.29) is 17.6 Å². The normalized spacial score (nSPS) is 20.2. The molecule has 2 saturated heterocycles. The molecule has 8 nitrogen and oxygen atoms in total. The fourth-order valence-electron chi connectivity index (χ4n) is 4.09. The molecule has 0 atom stereocenters. The van der Waals surface area contributed by atoms with Crippen LogP contribution in [0.25, 0.3) is 0 Å². The first-order valence-corrected chi connectivity index (χ1v) is 10.2. The van der Waals surface area contributed by atoms with E-state index < -0.39 is 0 Å². The molecule has 28 heavy (non-hydrogen) atoms.